The number of hydrogen-bond acceptors (Lipinski definition) is 5. The summed E-state index contributed by atoms with van der Waals surface area (Å²) >= 11 is 0. The Balaban J connectivity index is 1.86. The maximum atomic E-state index is 13.7. The van der Waals surface area contributed by atoms with Crippen LogP contribution in [-0.4, -0.2) is 31.8 Å². The molecule has 2 N–H and O–H groups in total. The summed E-state index contributed by atoms with van der Waals surface area (Å²) in [6.07, 6.45) is 10.7. The number of fused-ring (bicyclic) bond motifs is 2. The SMILES string of the molecule is COc1cc(OC)c2c(c1)N(C/C=C(\C)CC/C=C(\C)CCC=C(C)C)C(=O)c1cccc(O)c1N2. The number of nitrogens with zero attached hydrogens (tertiary/aromatic N) is 1. The average molecular weight is 491 g/mol. The van der Waals surface area contributed by atoms with E-state index in [-0.39, 0.29) is 11.7 Å². The highest BCUT2D eigenvalue weighted by molar-refractivity contribution is 6.15. The number of para-hydroxylation sites is 1. The first-order valence-electron chi connectivity index (χ1n) is 12.4. The molecule has 0 saturated heterocycles. The third kappa shape index (κ3) is 6.51. The summed E-state index contributed by atoms with van der Waals surface area (Å²) in [5, 5.41) is 13.7. The molecule has 2 aromatic carbocycles. The van der Waals surface area contributed by atoms with Crippen molar-refractivity contribution >= 4 is 23.0 Å². The number of hydrogen-bond donors (Lipinski definition) is 2. The zero-order valence-electron chi connectivity index (χ0n) is 22.3. The van der Waals surface area contributed by atoms with Crippen molar-refractivity contribution in [3.63, 3.8) is 0 Å². The van der Waals surface area contributed by atoms with E-state index in [1.165, 1.54) is 16.7 Å². The highest BCUT2D eigenvalue weighted by Gasteiger charge is 2.30. The predicted octanol–water partition coefficient (Wildman–Crippen LogP) is 7.53. The molecule has 192 valence electrons. The number of nitrogens with one attached hydrogen (secondary N) is 1. The molecule has 0 saturated carbocycles. The standard InChI is InChI=1S/C30H38N2O4/c1-20(2)10-7-11-21(3)12-8-13-22(4)16-17-32-25-18-23(35-5)19-27(36-6)29(25)31-28-24(30(32)34)14-9-15-26(28)33/h9-10,12,14-16,18-19,31,33H,7-8,11,13,17H2,1-6H3/b21-12+,22-16+. The number of phenolic OH excluding ortho intramolecular Hbond substituents is 1. The van der Waals surface area contributed by atoms with Crippen LogP contribution in [0, 0.1) is 0 Å². The Hall–Kier alpha value is -3.67. The van der Waals surface area contributed by atoms with Crippen LogP contribution in [0.15, 0.2) is 65.3 Å². The molecular weight excluding hydrogens is 452 g/mol. The van der Waals surface area contributed by atoms with Gasteiger partial charge in [-0.05, 0) is 65.5 Å². The number of rotatable bonds is 10. The van der Waals surface area contributed by atoms with Crippen LogP contribution in [0.2, 0.25) is 0 Å². The minimum Gasteiger partial charge on any atom is -0.506 e. The van der Waals surface area contributed by atoms with E-state index in [1.807, 2.05) is 6.07 Å². The van der Waals surface area contributed by atoms with Gasteiger partial charge in [0, 0.05) is 18.7 Å². The minimum atomic E-state index is -0.207. The van der Waals surface area contributed by atoms with Crippen molar-refractivity contribution in [3.05, 3.63) is 70.8 Å². The molecule has 6 nitrogen and oxygen atoms in total. The van der Waals surface area contributed by atoms with Crippen LogP contribution < -0.4 is 19.7 Å². The lowest BCUT2D eigenvalue weighted by Crippen LogP contribution is -2.30. The summed E-state index contributed by atoms with van der Waals surface area (Å²) in [4.78, 5) is 15.4. The van der Waals surface area contributed by atoms with Gasteiger partial charge < -0.3 is 24.8 Å². The lowest BCUT2D eigenvalue weighted by atomic mass is 10.1. The van der Waals surface area contributed by atoms with E-state index in [9.17, 15) is 9.90 Å². The summed E-state index contributed by atoms with van der Waals surface area (Å²) in [6, 6.07) is 8.52. The molecule has 0 atom stereocenters. The molecule has 6 heteroatoms. The number of allylic oxidation sites excluding steroid dienone is 5. The van der Waals surface area contributed by atoms with E-state index in [4.69, 9.17) is 9.47 Å². The van der Waals surface area contributed by atoms with Crippen LogP contribution in [0.4, 0.5) is 17.1 Å². The number of benzene rings is 2. The second-order valence-corrected chi connectivity index (χ2v) is 9.42. The number of carbonyl (C=O) groups is 1. The van der Waals surface area contributed by atoms with E-state index in [0.717, 1.165) is 25.7 Å². The van der Waals surface area contributed by atoms with Gasteiger partial charge in [-0.2, -0.15) is 0 Å². The molecule has 0 bridgehead atoms. The Bertz CT molecular complexity index is 1190. The summed E-state index contributed by atoms with van der Waals surface area (Å²) in [5.74, 6) is 0.897. The predicted molar refractivity (Wildman–Crippen MR) is 148 cm³/mol. The van der Waals surface area contributed by atoms with Gasteiger partial charge in [0.1, 0.15) is 22.9 Å². The fraction of sp³-hybridized carbons (Fsp3) is 0.367. The van der Waals surface area contributed by atoms with Crippen molar-refractivity contribution in [3.8, 4) is 17.2 Å². The molecule has 0 aliphatic carbocycles. The average Bonchev–Trinajstić information content (AvgIpc) is 2.96. The first-order chi connectivity index (χ1) is 17.2. The second-order valence-electron chi connectivity index (χ2n) is 9.42. The fourth-order valence-electron chi connectivity index (χ4n) is 4.19. The van der Waals surface area contributed by atoms with E-state index in [1.54, 1.807) is 43.4 Å². The van der Waals surface area contributed by atoms with Crippen LogP contribution in [0.5, 0.6) is 17.2 Å². The zero-order valence-corrected chi connectivity index (χ0v) is 22.3. The maximum Gasteiger partial charge on any atom is 0.260 e. The number of carbonyl (C=O) groups excluding carboxylic acids is 1. The summed E-state index contributed by atoms with van der Waals surface area (Å²) in [6.45, 7) is 8.92. The third-order valence-corrected chi connectivity index (χ3v) is 6.31. The lowest BCUT2D eigenvalue weighted by Gasteiger charge is -2.23. The van der Waals surface area contributed by atoms with Gasteiger partial charge in [0.05, 0.1) is 31.2 Å². The van der Waals surface area contributed by atoms with E-state index in [2.05, 4.69) is 51.2 Å². The zero-order chi connectivity index (χ0) is 26.2. The van der Waals surface area contributed by atoms with Gasteiger partial charge >= 0.3 is 0 Å². The molecule has 2 aromatic rings. The number of phenols is 1. The van der Waals surface area contributed by atoms with Gasteiger partial charge in [0.25, 0.3) is 5.91 Å². The molecule has 0 radical (unpaired) electrons. The molecule has 1 aliphatic heterocycles. The van der Waals surface area contributed by atoms with Crippen LogP contribution >= 0.6 is 0 Å². The van der Waals surface area contributed by atoms with E-state index >= 15 is 0 Å². The monoisotopic (exact) mass is 490 g/mol. The topological polar surface area (TPSA) is 71.0 Å². The van der Waals surface area contributed by atoms with E-state index in [0.29, 0.717) is 40.7 Å². The molecule has 0 unspecified atom stereocenters. The first-order valence-corrected chi connectivity index (χ1v) is 12.4. The van der Waals surface area contributed by atoms with Gasteiger partial charge in [0.15, 0.2) is 0 Å². The largest absolute Gasteiger partial charge is 0.506 e. The summed E-state index contributed by atoms with van der Waals surface area (Å²) < 4.78 is 11.1. The quantitative estimate of drug-likeness (QED) is 0.266. The van der Waals surface area contributed by atoms with Crippen molar-refractivity contribution in [1.82, 2.24) is 0 Å². The van der Waals surface area contributed by atoms with Crippen molar-refractivity contribution in [2.75, 3.05) is 31.0 Å². The van der Waals surface area contributed by atoms with Crippen molar-refractivity contribution in [2.45, 2.75) is 53.4 Å². The summed E-state index contributed by atoms with van der Waals surface area (Å²) in [5.41, 5.74) is 5.96. The summed E-state index contributed by atoms with van der Waals surface area (Å²) in [7, 11) is 3.15. The minimum absolute atomic E-state index is 0.00462. The molecule has 3 rings (SSSR count). The molecule has 0 fully saturated rings. The molecule has 1 heterocycles. The van der Waals surface area contributed by atoms with Crippen molar-refractivity contribution in [2.24, 2.45) is 0 Å². The smallest absolute Gasteiger partial charge is 0.260 e. The number of amides is 1. The molecule has 1 aliphatic rings. The number of anilines is 3. The van der Waals surface area contributed by atoms with Crippen LogP contribution in [0.25, 0.3) is 0 Å². The molecule has 0 aromatic heterocycles. The Morgan fingerprint density at radius 3 is 2.31 bits per heavy atom. The Morgan fingerprint density at radius 2 is 1.64 bits per heavy atom. The molecule has 36 heavy (non-hydrogen) atoms. The second kappa shape index (κ2) is 12.3. The van der Waals surface area contributed by atoms with Gasteiger partial charge in [-0.3, -0.25) is 4.79 Å². The van der Waals surface area contributed by atoms with Crippen LogP contribution in [0.1, 0.15) is 63.7 Å². The van der Waals surface area contributed by atoms with Gasteiger partial charge in [-0.1, -0.05) is 41.0 Å². The van der Waals surface area contributed by atoms with Gasteiger partial charge in [-0.15, -0.1) is 0 Å². The third-order valence-electron chi connectivity index (χ3n) is 6.31. The van der Waals surface area contributed by atoms with Crippen LogP contribution in [0.3, 0.4) is 0 Å². The van der Waals surface area contributed by atoms with Crippen LogP contribution in [-0.2, 0) is 0 Å². The maximum absolute atomic E-state index is 13.7. The number of aromatic hydroxyl groups is 1. The van der Waals surface area contributed by atoms with Crippen molar-refractivity contribution in [1.29, 1.82) is 0 Å². The van der Waals surface area contributed by atoms with Gasteiger partial charge in [0.2, 0.25) is 0 Å². The highest BCUT2D eigenvalue weighted by Crippen LogP contribution is 2.46. The number of methoxy groups -OCH3 is 2. The normalized spacial score (nSPS) is 13.4. The van der Waals surface area contributed by atoms with E-state index < -0.39 is 0 Å². The first kappa shape index (κ1) is 26.9. The number of ether oxygens (including phenoxy) is 2. The molecule has 1 amide bonds. The Kier molecular flexibility index (Phi) is 9.23. The lowest BCUT2D eigenvalue weighted by molar-refractivity contribution is 0.0991. The highest BCUT2D eigenvalue weighted by atomic mass is 16.5. The Morgan fingerprint density at radius 1 is 0.944 bits per heavy atom. The molecular formula is C30H38N2O4. The molecule has 0 spiro atoms. The fourth-order valence-corrected chi connectivity index (χ4v) is 4.19. The van der Waals surface area contributed by atoms with Crippen molar-refractivity contribution < 1.29 is 19.4 Å². The van der Waals surface area contributed by atoms with Gasteiger partial charge in [-0.25, -0.2) is 0 Å². The Labute approximate surface area is 214 Å².